The van der Waals surface area contributed by atoms with E-state index in [0.717, 1.165) is 37.8 Å². The van der Waals surface area contributed by atoms with Gasteiger partial charge in [-0.15, -0.1) is 0 Å². The predicted octanol–water partition coefficient (Wildman–Crippen LogP) is 3.07. The van der Waals surface area contributed by atoms with Gasteiger partial charge >= 0.3 is 6.18 Å². The second-order valence-corrected chi connectivity index (χ2v) is 6.18. The van der Waals surface area contributed by atoms with Crippen LogP contribution in [0.1, 0.15) is 43.7 Å². The molecule has 0 unspecified atom stereocenters. The largest absolute Gasteiger partial charge is 0.416 e. The number of nitrogens with one attached hydrogen (secondary N) is 2. The summed E-state index contributed by atoms with van der Waals surface area (Å²) in [6, 6.07) is 5.16. The summed E-state index contributed by atoms with van der Waals surface area (Å²) in [5.41, 5.74) is -0.901. The predicted molar refractivity (Wildman–Crippen MR) is 87.7 cm³/mol. The van der Waals surface area contributed by atoms with E-state index < -0.39 is 17.3 Å². The van der Waals surface area contributed by atoms with Crippen LogP contribution in [0.25, 0.3) is 0 Å². The highest BCUT2D eigenvalue weighted by Crippen LogP contribution is 2.30. The van der Waals surface area contributed by atoms with Crippen molar-refractivity contribution in [2.45, 2.75) is 50.9 Å². The molecule has 3 N–H and O–H groups in total. The Morgan fingerprint density at radius 3 is 2.58 bits per heavy atom. The first-order chi connectivity index (χ1) is 11.3. The molecule has 0 amide bonds. The van der Waals surface area contributed by atoms with E-state index in [2.05, 4.69) is 15.6 Å². The first kappa shape index (κ1) is 18.6. The minimum atomic E-state index is -4.35. The van der Waals surface area contributed by atoms with Gasteiger partial charge in [-0.2, -0.15) is 13.2 Å². The van der Waals surface area contributed by atoms with Gasteiger partial charge in [-0.1, -0.05) is 25.0 Å². The Kier molecular flexibility index (Phi) is 6.10. The lowest BCUT2D eigenvalue weighted by molar-refractivity contribution is -0.137. The van der Waals surface area contributed by atoms with Gasteiger partial charge in [-0.25, -0.2) is 4.99 Å². The second kappa shape index (κ2) is 7.88. The van der Waals surface area contributed by atoms with Crippen LogP contribution in [0, 0.1) is 0 Å². The molecular weight excluding hydrogens is 319 g/mol. The number of aliphatic hydroxyl groups is 1. The van der Waals surface area contributed by atoms with Crippen LogP contribution in [-0.2, 0) is 12.7 Å². The van der Waals surface area contributed by atoms with Crippen molar-refractivity contribution in [3.8, 4) is 0 Å². The molecule has 1 fully saturated rings. The molecule has 0 radical (unpaired) electrons. The maximum atomic E-state index is 12.7. The van der Waals surface area contributed by atoms with Crippen LogP contribution in [-0.4, -0.2) is 29.8 Å². The van der Waals surface area contributed by atoms with Crippen molar-refractivity contribution < 1.29 is 18.3 Å². The number of alkyl halides is 3. The lowest BCUT2D eigenvalue weighted by Gasteiger charge is -2.23. The number of aliphatic imine (C=N–C) groups is 1. The molecule has 7 heteroatoms. The third-order valence-electron chi connectivity index (χ3n) is 4.14. The first-order valence-corrected chi connectivity index (χ1v) is 8.23. The average molecular weight is 343 g/mol. The molecule has 0 bridgehead atoms. The van der Waals surface area contributed by atoms with Crippen LogP contribution in [0.15, 0.2) is 29.3 Å². The highest BCUT2D eigenvalue weighted by molar-refractivity contribution is 5.79. The first-order valence-electron chi connectivity index (χ1n) is 8.23. The van der Waals surface area contributed by atoms with Crippen LogP contribution in [0.2, 0.25) is 0 Å². The van der Waals surface area contributed by atoms with Crippen molar-refractivity contribution in [3.63, 3.8) is 0 Å². The van der Waals surface area contributed by atoms with Crippen molar-refractivity contribution in [3.05, 3.63) is 35.4 Å². The third-order valence-corrected chi connectivity index (χ3v) is 4.14. The second-order valence-electron chi connectivity index (χ2n) is 6.18. The molecule has 1 aromatic carbocycles. The Morgan fingerprint density at radius 2 is 1.96 bits per heavy atom. The van der Waals surface area contributed by atoms with E-state index >= 15 is 0 Å². The minimum absolute atomic E-state index is 0.137. The van der Waals surface area contributed by atoms with E-state index in [0.29, 0.717) is 24.6 Å². The standard InChI is InChI=1S/C17H24F3N3O/c1-2-21-15(23-12-16(24)8-3-4-9-16)22-11-13-6-5-7-14(10-13)17(18,19)20/h5-7,10,24H,2-4,8-9,11-12H2,1H3,(H2,21,22,23). The van der Waals surface area contributed by atoms with E-state index in [1.807, 2.05) is 6.92 Å². The van der Waals surface area contributed by atoms with Gasteiger partial charge in [0.05, 0.1) is 17.7 Å². The van der Waals surface area contributed by atoms with Gasteiger partial charge in [0.25, 0.3) is 0 Å². The van der Waals surface area contributed by atoms with E-state index in [1.54, 1.807) is 6.07 Å². The topological polar surface area (TPSA) is 56.7 Å². The van der Waals surface area contributed by atoms with Gasteiger partial charge in [0.1, 0.15) is 0 Å². The maximum absolute atomic E-state index is 12.7. The summed E-state index contributed by atoms with van der Waals surface area (Å²) in [5, 5.41) is 16.5. The van der Waals surface area contributed by atoms with E-state index in [-0.39, 0.29) is 6.54 Å². The number of rotatable bonds is 5. The molecule has 134 valence electrons. The molecule has 24 heavy (non-hydrogen) atoms. The summed E-state index contributed by atoms with van der Waals surface area (Å²) < 4.78 is 38.2. The third kappa shape index (κ3) is 5.40. The fourth-order valence-electron chi connectivity index (χ4n) is 2.82. The molecule has 1 saturated carbocycles. The summed E-state index contributed by atoms with van der Waals surface area (Å²) in [6.45, 7) is 3.07. The molecule has 0 spiro atoms. The van der Waals surface area contributed by atoms with Crippen LogP contribution < -0.4 is 10.6 Å². The summed E-state index contributed by atoms with van der Waals surface area (Å²) in [7, 11) is 0. The molecule has 4 nitrogen and oxygen atoms in total. The molecule has 0 saturated heterocycles. The van der Waals surface area contributed by atoms with Crippen LogP contribution in [0.5, 0.6) is 0 Å². The van der Waals surface area contributed by atoms with Crippen molar-refractivity contribution in [1.82, 2.24) is 10.6 Å². The molecule has 1 aromatic rings. The zero-order valence-corrected chi connectivity index (χ0v) is 13.8. The van der Waals surface area contributed by atoms with Crippen LogP contribution in [0.3, 0.4) is 0 Å². The molecular formula is C17H24F3N3O. The fourth-order valence-corrected chi connectivity index (χ4v) is 2.82. The normalized spacial score (nSPS) is 17.8. The maximum Gasteiger partial charge on any atom is 0.416 e. The van der Waals surface area contributed by atoms with Crippen molar-refractivity contribution >= 4 is 5.96 Å². The summed E-state index contributed by atoms with van der Waals surface area (Å²) in [6.07, 6.45) is -0.819. The minimum Gasteiger partial charge on any atom is -0.388 e. The van der Waals surface area contributed by atoms with Gasteiger partial charge in [0.2, 0.25) is 0 Å². The van der Waals surface area contributed by atoms with E-state index in [4.69, 9.17) is 0 Å². The number of benzene rings is 1. The van der Waals surface area contributed by atoms with E-state index in [9.17, 15) is 18.3 Å². The van der Waals surface area contributed by atoms with Crippen LogP contribution >= 0.6 is 0 Å². The Hall–Kier alpha value is -1.76. The van der Waals surface area contributed by atoms with Crippen molar-refractivity contribution in [2.24, 2.45) is 4.99 Å². The van der Waals surface area contributed by atoms with Gasteiger partial charge in [-0.05, 0) is 37.5 Å². The van der Waals surface area contributed by atoms with Crippen molar-refractivity contribution in [1.29, 1.82) is 0 Å². The quantitative estimate of drug-likeness (QED) is 0.569. The lowest BCUT2D eigenvalue weighted by Crippen LogP contribution is -2.46. The number of nitrogens with zero attached hydrogens (tertiary/aromatic N) is 1. The average Bonchev–Trinajstić information content (AvgIpc) is 2.97. The lowest BCUT2D eigenvalue weighted by atomic mass is 10.0. The molecule has 0 atom stereocenters. The van der Waals surface area contributed by atoms with Gasteiger partial charge in [0.15, 0.2) is 5.96 Å². The summed E-state index contributed by atoms with van der Waals surface area (Å²) in [4.78, 5) is 4.31. The van der Waals surface area contributed by atoms with Crippen LogP contribution in [0.4, 0.5) is 13.2 Å². The number of hydrogen-bond acceptors (Lipinski definition) is 2. The van der Waals surface area contributed by atoms with Gasteiger partial charge in [-0.3, -0.25) is 0 Å². The Morgan fingerprint density at radius 1 is 1.25 bits per heavy atom. The zero-order valence-electron chi connectivity index (χ0n) is 13.8. The Balaban J connectivity index is 2.00. The summed E-state index contributed by atoms with van der Waals surface area (Å²) in [5.74, 6) is 0.496. The highest BCUT2D eigenvalue weighted by atomic mass is 19.4. The van der Waals surface area contributed by atoms with Gasteiger partial charge < -0.3 is 15.7 Å². The number of guanidine groups is 1. The SMILES string of the molecule is CCNC(=NCc1cccc(C(F)(F)F)c1)NCC1(O)CCCC1. The summed E-state index contributed by atoms with van der Waals surface area (Å²) >= 11 is 0. The molecule has 1 aliphatic carbocycles. The fraction of sp³-hybridized carbons (Fsp3) is 0.588. The van der Waals surface area contributed by atoms with Gasteiger partial charge in [0, 0.05) is 13.1 Å². The highest BCUT2D eigenvalue weighted by Gasteiger charge is 2.31. The zero-order chi connectivity index (χ0) is 17.6. The molecule has 0 aliphatic heterocycles. The monoisotopic (exact) mass is 343 g/mol. The van der Waals surface area contributed by atoms with Crippen molar-refractivity contribution in [2.75, 3.05) is 13.1 Å². The number of halogens is 3. The van der Waals surface area contributed by atoms with E-state index in [1.165, 1.54) is 6.07 Å². The Labute approximate surface area is 140 Å². The molecule has 2 rings (SSSR count). The molecule has 1 aliphatic rings. The number of hydrogen-bond donors (Lipinski definition) is 3. The molecule has 0 heterocycles. The molecule has 0 aromatic heterocycles. The Bertz CT molecular complexity index is 566. The smallest absolute Gasteiger partial charge is 0.388 e.